The molecule has 6 atom stereocenters. The van der Waals surface area contributed by atoms with Crippen molar-refractivity contribution in [1.29, 1.82) is 0 Å². The molecule has 0 spiro atoms. The van der Waals surface area contributed by atoms with E-state index in [0.717, 1.165) is 34.6 Å². The first-order valence-corrected chi connectivity index (χ1v) is 8.38. The Hall–Kier alpha value is -3.34. The molecule has 0 bridgehead atoms. The van der Waals surface area contributed by atoms with Crippen LogP contribution < -0.4 is 0 Å². The number of carbonyl (C=O) groups excluding carboxylic acids is 5. The molecule has 0 aromatic rings. The van der Waals surface area contributed by atoms with Gasteiger partial charge in [0.25, 0.3) is 0 Å². The lowest BCUT2D eigenvalue weighted by atomic mass is 9.82. The highest BCUT2D eigenvalue weighted by Crippen LogP contribution is 2.34. The summed E-state index contributed by atoms with van der Waals surface area (Å²) in [5.74, 6) is -4.25. The number of rotatable bonds is 6. The van der Waals surface area contributed by atoms with Crippen LogP contribution in [0.2, 0.25) is 0 Å². The van der Waals surface area contributed by atoms with Crippen molar-refractivity contribution in [2.45, 2.75) is 71.2 Å². The van der Waals surface area contributed by atoms with E-state index < -0.39 is 66.4 Å². The highest BCUT2D eigenvalue weighted by atomic mass is 16.6. The maximum Gasteiger partial charge on any atom is 0.303 e. The molecule has 13 heteroatoms. The van der Waals surface area contributed by atoms with Gasteiger partial charge in [-0.05, 0) is 5.53 Å². The Morgan fingerprint density at radius 3 is 1.07 bits per heavy atom. The van der Waals surface area contributed by atoms with Gasteiger partial charge >= 0.3 is 29.8 Å². The predicted octanol–water partition coefficient (Wildman–Crippen LogP) is 0.337. The number of ether oxygens (including phenoxy) is 5. The summed E-state index contributed by atoms with van der Waals surface area (Å²) in [5.41, 5.74) is 8.95. The quantitative estimate of drug-likeness (QED) is 0.193. The average molecular weight is 415 g/mol. The Labute approximate surface area is 165 Å². The normalized spacial score (nSPS) is 28.2. The van der Waals surface area contributed by atoms with Gasteiger partial charge in [0.05, 0.1) is 0 Å². The maximum absolute atomic E-state index is 11.6. The number of esters is 5. The molecule has 1 saturated carbocycles. The van der Waals surface area contributed by atoms with Crippen molar-refractivity contribution in [2.75, 3.05) is 0 Å². The van der Waals surface area contributed by atoms with Crippen LogP contribution in [0.15, 0.2) is 5.11 Å². The molecule has 0 aromatic carbocycles. The van der Waals surface area contributed by atoms with Crippen LogP contribution >= 0.6 is 0 Å². The smallest absolute Gasteiger partial charge is 0.303 e. The molecule has 0 aromatic heterocycles. The van der Waals surface area contributed by atoms with E-state index in [0.29, 0.717) is 0 Å². The maximum atomic E-state index is 11.6. The average Bonchev–Trinajstić information content (AvgIpc) is 2.55. The lowest BCUT2D eigenvalue weighted by molar-refractivity contribution is -0.234. The zero-order chi connectivity index (χ0) is 22.3. The fourth-order valence-corrected chi connectivity index (χ4v) is 2.96. The predicted molar refractivity (Wildman–Crippen MR) is 90.7 cm³/mol. The molecule has 2 unspecified atom stereocenters. The summed E-state index contributed by atoms with van der Waals surface area (Å²) in [7, 11) is 0. The number of carbonyl (C=O) groups is 5. The Morgan fingerprint density at radius 2 is 0.828 bits per heavy atom. The minimum absolute atomic E-state index is 0.848. The van der Waals surface area contributed by atoms with Gasteiger partial charge in [-0.2, -0.15) is 0 Å². The van der Waals surface area contributed by atoms with E-state index in [4.69, 9.17) is 29.2 Å². The second-order valence-electron chi connectivity index (χ2n) is 6.07. The summed E-state index contributed by atoms with van der Waals surface area (Å²) in [6, 6.07) is -1.46. The Kier molecular flexibility index (Phi) is 8.39. The summed E-state index contributed by atoms with van der Waals surface area (Å²) in [6.45, 7) is 5.20. The van der Waals surface area contributed by atoms with Crippen molar-refractivity contribution in [3.63, 3.8) is 0 Å². The van der Waals surface area contributed by atoms with E-state index in [1.54, 1.807) is 0 Å². The van der Waals surface area contributed by atoms with Gasteiger partial charge in [-0.15, -0.1) is 0 Å². The molecule has 0 radical (unpaired) electrons. The molecule has 1 aliphatic carbocycles. The number of azide groups is 1. The third-order valence-corrected chi connectivity index (χ3v) is 3.66. The van der Waals surface area contributed by atoms with Crippen molar-refractivity contribution in [3.05, 3.63) is 10.4 Å². The Bertz CT molecular complexity index is 688. The molecule has 0 heterocycles. The van der Waals surface area contributed by atoms with Crippen LogP contribution in [0.25, 0.3) is 10.4 Å². The van der Waals surface area contributed by atoms with Crippen molar-refractivity contribution in [1.82, 2.24) is 0 Å². The topological polar surface area (TPSA) is 180 Å². The number of hydrogen-bond donors (Lipinski definition) is 0. The van der Waals surface area contributed by atoms with Crippen LogP contribution in [0.5, 0.6) is 0 Å². The summed E-state index contributed by atoms with van der Waals surface area (Å²) in [5, 5.41) is 3.48. The van der Waals surface area contributed by atoms with Gasteiger partial charge in [-0.3, -0.25) is 24.0 Å². The van der Waals surface area contributed by atoms with Crippen molar-refractivity contribution < 1.29 is 47.7 Å². The molecule has 1 rings (SSSR count). The first-order valence-electron chi connectivity index (χ1n) is 8.38. The molecule has 13 nitrogen and oxygen atoms in total. The fourth-order valence-electron chi connectivity index (χ4n) is 2.96. The lowest BCUT2D eigenvalue weighted by Gasteiger charge is -2.46. The number of hydrogen-bond acceptors (Lipinski definition) is 11. The fraction of sp³-hybridized carbons (Fsp3) is 0.688. The van der Waals surface area contributed by atoms with E-state index in [2.05, 4.69) is 10.0 Å². The minimum Gasteiger partial charge on any atom is -0.458 e. The summed E-state index contributed by atoms with van der Waals surface area (Å²) < 4.78 is 25.7. The molecular weight excluding hydrogens is 394 g/mol. The van der Waals surface area contributed by atoms with Crippen LogP contribution in [0.4, 0.5) is 0 Å². The summed E-state index contributed by atoms with van der Waals surface area (Å²) in [6.07, 6.45) is -7.58. The van der Waals surface area contributed by atoms with Crippen LogP contribution in [-0.4, -0.2) is 66.4 Å². The first kappa shape index (κ1) is 23.7. The molecule has 1 fully saturated rings. The monoisotopic (exact) mass is 415 g/mol. The second-order valence-corrected chi connectivity index (χ2v) is 6.07. The zero-order valence-electron chi connectivity index (χ0n) is 16.4. The van der Waals surface area contributed by atoms with Gasteiger partial charge in [-0.1, -0.05) is 5.11 Å². The SMILES string of the molecule is CC(=O)OC1[C@@H](OC(C)=O)[C@H](OC(C)=O)C(N=[N+]=[N-])[C@H](OC(C)=O)[C@@H]1OC(C)=O. The molecular formula is C16H21N3O10. The van der Waals surface area contributed by atoms with Gasteiger partial charge in [0.2, 0.25) is 0 Å². The van der Waals surface area contributed by atoms with Crippen LogP contribution in [0.3, 0.4) is 0 Å². The Balaban J connectivity index is 3.66. The third-order valence-electron chi connectivity index (χ3n) is 3.66. The van der Waals surface area contributed by atoms with Gasteiger partial charge in [-0.25, -0.2) is 0 Å². The molecule has 160 valence electrons. The van der Waals surface area contributed by atoms with Crippen LogP contribution in [-0.2, 0) is 47.7 Å². The molecule has 1 aliphatic rings. The second kappa shape index (κ2) is 10.3. The van der Waals surface area contributed by atoms with Gasteiger partial charge in [0.15, 0.2) is 30.5 Å². The van der Waals surface area contributed by atoms with Crippen molar-refractivity contribution in [3.8, 4) is 0 Å². The highest BCUT2D eigenvalue weighted by molar-refractivity contribution is 5.70. The van der Waals surface area contributed by atoms with Crippen LogP contribution in [0, 0.1) is 0 Å². The zero-order valence-corrected chi connectivity index (χ0v) is 16.4. The third kappa shape index (κ3) is 6.64. The van der Waals surface area contributed by atoms with Gasteiger partial charge < -0.3 is 23.7 Å². The lowest BCUT2D eigenvalue weighted by Crippen LogP contribution is -2.67. The van der Waals surface area contributed by atoms with E-state index in [-0.39, 0.29) is 0 Å². The molecule has 0 aliphatic heterocycles. The minimum atomic E-state index is -1.53. The molecule has 29 heavy (non-hydrogen) atoms. The van der Waals surface area contributed by atoms with Gasteiger partial charge in [0, 0.05) is 39.5 Å². The Morgan fingerprint density at radius 1 is 0.586 bits per heavy atom. The molecule has 0 amide bonds. The summed E-state index contributed by atoms with van der Waals surface area (Å²) in [4.78, 5) is 60.8. The van der Waals surface area contributed by atoms with Crippen molar-refractivity contribution >= 4 is 29.8 Å². The van der Waals surface area contributed by atoms with Crippen molar-refractivity contribution in [2.24, 2.45) is 5.11 Å². The standard InChI is InChI=1S/C16H21N3O10/c1-6(20)25-12-11(18-19-17)13(26-7(2)21)15(28-9(4)23)16(29-10(5)24)14(12)27-8(3)22/h11-16H,1-5H3/t11?,12-,13+,14-,15-,16?/m0/s1. The van der Waals surface area contributed by atoms with E-state index in [9.17, 15) is 24.0 Å². The largest absolute Gasteiger partial charge is 0.458 e. The van der Waals surface area contributed by atoms with Gasteiger partial charge in [0.1, 0.15) is 6.04 Å². The van der Waals surface area contributed by atoms with E-state index in [1.807, 2.05) is 0 Å². The highest BCUT2D eigenvalue weighted by Gasteiger charge is 2.58. The first-order chi connectivity index (χ1) is 13.5. The van der Waals surface area contributed by atoms with E-state index >= 15 is 0 Å². The summed E-state index contributed by atoms with van der Waals surface area (Å²) >= 11 is 0. The molecule has 0 saturated heterocycles. The number of nitrogens with zero attached hydrogens (tertiary/aromatic N) is 3. The molecule has 0 N–H and O–H groups in total. The van der Waals surface area contributed by atoms with E-state index in [1.165, 1.54) is 0 Å². The van der Waals surface area contributed by atoms with Crippen LogP contribution in [0.1, 0.15) is 34.6 Å².